The average Bonchev–Trinajstić information content (AvgIpc) is 2.73. The van der Waals surface area contributed by atoms with Crippen LogP contribution in [0.3, 0.4) is 0 Å². The molecule has 6 nitrogen and oxygen atoms in total. The second-order valence-corrected chi connectivity index (χ2v) is 9.69. The van der Waals surface area contributed by atoms with E-state index in [1.54, 1.807) is 31.3 Å². The van der Waals surface area contributed by atoms with E-state index in [4.69, 9.17) is 0 Å². The first kappa shape index (κ1) is 23.1. The fourth-order valence-electron chi connectivity index (χ4n) is 4.13. The minimum atomic E-state index is -3.52. The van der Waals surface area contributed by atoms with Gasteiger partial charge in [-0.25, -0.2) is 8.42 Å². The summed E-state index contributed by atoms with van der Waals surface area (Å²) in [5.74, 6) is -0.0193. The van der Waals surface area contributed by atoms with Crippen LogP contribution < -0.4 is 5.32 Å². The van der Waals surface area contributed by atoms with E-state index in [0.29, 0.717) is 11.6 Å². The topological polar surface area (TPSA) is 69.7 Å². The van der Waals surface area contributed by atoms with Crippen LogP contribution >= 0.6 is 12.4 Å². The summed E-state index contributed by atoms with van der Waals surface area (Å²) in [6.07, 6.45) is 7.10. The lowest BCUT2D eigenvalue weighted by Crippen LogP contribution is -2.44. The maximum absolute atomic E-state index is 12.9. The molecule has 1 aliphatic carbocycles. The van der Waals surface area contributed by atoms with Crippen molar-refractivity contribution >= 4 is 28.3 Å². The molecule has 0 atom stereocenters. The van der Waals surface area contributed by atoms with Crippen molar-refractivity contribution in [1.82, 2.24) is 14.5 Å². The molecular formula is C20H32ClN3O3S. The van der Waals surface area contributed by atoms with Gasteiger partial charge in [0, 0.05) is 37.8 Å². The highest BCUT2D eigenvalue weighted by molar-refractivity contribution is 7.89. The van der Waals surface area contributed by atoms with Crippen LogP contribution in [0.25, 0.3) is 0 Å². The Labute approximate surface area is 175 Å². The first-order valence-electron chi connectivity index (χ1n) is 9.98. The Balaban J connectivity index is 0.00000280. The van der Waals surface area contributed by atoms with Crippen molar-refractivity contribution in [2.75, 3.05) is 27.2 Å². The number of hydrogen-bond donors (Lipinski definition) is 1. The van der Waals surface area contributed by atoms with Crippen molar-refractivity contribution in [3.05, 3.63) is 29.8 Å². The number of sulfonamides is 1. The molecule has 1 amide bonds. The Morgan fingerprint density at radius 1 is 1.04 bits per heavy atom. The quantitative estimate of drug-likeness (QED) is 0.781. The molecule has 3 rings (SSSR count). The minimum absolute atomic E-state index is 0. The molecule has 0 radical (unpaired) electrons. The molecule has 28 heavy (non-hydrogen) atoms. The summed E-state index contributed by atoms with van der Waals surface area (Å²) in [5, 5.41) is 3.26. The van der Waals surface area contributed by atoms with Crippen LogP contribution in [0.15, 0.2) is 29.2 Å². The summed E-state index contributed by atoms with van der Waals surface area (Å²) in [4.78, 5) is 14.8. The third-order valence-electron chi connectivity index (χ3n) is 6.06. The molecule has 1 heterocycles. The largest absolute Gasteiger partial charge is 0.339 e. The molecule has 2 aliphatic rings. The van der Waals surface area contributed by atoms with Crippen LogP contribution in [0.4, 0.5) is 0 Å². The second kappa shape index (κ2) is 10.1. The molecule has 1 aromatic carbocycles. The molecule has 1 N–H and O–H groups in total. The zero-order chi connectivity index (χ0) is 19.4. The number of hydrogen-bond acceptors (Lipinski definition) is 4. The molecule has 158 valence electrons. The van der Waals surface area contributed by atoms with Gasteiger partial charge in [-0.3, -0.25) is 4.79 Å². The van der Waals surface area contributed by atoms with E-state index >= 15 is 0 Å². The molecule has 0 spiro atoms. The van der Waals surface area contributed by atoms with E-state index in [0.717, 1.165) is 51.6 Å². The summed E-state index contributed by atoms with van der Waals surface area (Å²) in [7, 11) is 0.110. The predicted octanol–water partition coefficient (Wildman–Crippen LogP) is 2.89. The summed E-state index contributed by atoms with van der Waals surface area (Å²) in [5.41, 5.74) is 0.553. The number of carbonyl (C=O) groups is 1. The van der Waals surface area contributed by atoms with Crippen molar-refractivity contribution in [3.8, 4) is 0 Å². The van der Waals surface area contributed by atoms with Gasteiger partial charge in [-0.05, 0) is 57.0 Å². The monoisotopic (exact) mass is 429 g/mol. The summed E-state index contributed by atoms with van der Waals surface area (Å²) in [6, 6.07) is 6.99. The molecule has 8 heteroatoms. The Kier molecular flexibility index (Phi) is 8.30. The minimum Gasteiger partial charge on any atom is -0.339 e. The number of nitrogens with zero attached hydrogens (tertiary/aromatic N) is 2. The Morgan fingerprint density at radius 2 is 1.61 bits per heavy atom. The first-order chi connectivity index (χ1) is 12.9. The highest BCUT2D eigenvalue weighted by Crippen LogP contribution is 2.26. The van der Waals surface area contributed by atoms with Crippen LogP contribution in [0, 0.1) is 0 Å². The number of amides is 1. The number of likely N-dealkylation sites (tertiary alicyclic amines) is 1. The number of carbonyl (C=O) groups excluding carboxylic acids is 1. The predicted molar refractivity (Wildman–Crippen MR) is 113 cm³/mol. The van der Waals surface area contributed by atoms with Gasteiger partial charge in [-0.2, -0.15) is 4.31 Å². The zero-order valence-corrected chi connectivity index (χ0v) is 18.4. The average molecular weight is 430 g/mol. The summed E-state index contributed by atoms with van der Waals surface area (Å²) < 4.78 is 27.3. The lowest BCUT2D eigenvalue weighted by molar-refractivity contribution is 0.0707. The molecule has 0 unspecified atom stereocenters. The van der Waals surface area contributed by atoms with E-state index in [-0.39, 0.29) is 29.3 Å². The Hall–Kier alpha value is -1.15. The van der Waals surface area contributed by atoms with Gasteiger partial charge in [0.05, 0.1) is 4.90 Å². The molecule has 0 aromatic heterocycles. The lowest BCUT2D eigenvalue weighted by Gasteiger charge is -2.32. The van der Waals surface area contributed by atoms with Crippen LogP contribution in [-0.2, 0) is 10.0 Å². The molecule has 2 fully saturated rings. The molecule has 1 saturated carbocycles. The first-order valence-corrected chi connectivity index (χ1v) is 11.4. The van der Waals surface area contributed by atoms with Gasteiger partial charge in [-0.15, -0.1) is 12.4 Å². The number of nitrogens with one attached hydrogen (secondary N) is 1. The maximum atomic E-state index is 12.9. The molecule has 0 bridgehead atoms. The van der Waals surface area contributed by atoms with Gasteiger partial charge >= 0.3 is 0 Å². The maximum Gasteiger partial charge on any atom is 0.253 e. The van der Waals surface area contributed by atoms with Gasteiger partial charge in [0.1, 0.15) is 0 Å². The van der Waals surface area contributed by atoms with Gasteiger partial charge in [0.2, 0.25) is 10.0 Å². The fourth-order valence-corrected chi connectivity index (χ4v) is 5.55. The normalized spacial score (nSPS) is 19.5. The van der Waals surface area contributed by atoms with Crippen molar-refractivity contribution in [1.29, 1.82) is 0 Å². The Morgan fingerprint density at radius 3 is 2.14 bits per heavy atom. The van der Waals surface area contributed by atoms with E-state index in [1.807, 2.05) is 11.9 Å². The molecule has 1 aliphatic heterocycles. The van der Waals surface area contributed by atoms with E-state index in [2.05, 4.69) is 5.32 Å². The van der Waals surface area contributed by atoms with E-state index < -0.39 is 10.0 Å². The fraction of sp³-hybridized carbons (Fsp3) is 0.650. The standard InChI is InChI=1S/C20H31N3O3S.ClH/c1-21-17-12-14-23(15-13-17)20(24)16-8-10-19(11-9-16)27(25,26)22(2)18-6-4-3-5-7-18;/h8-11,17-18,21H,3-7,12-15H2,1-2H3;1H. The molecular weight excluding hydrogens is 398 g/mol. The Bertz CT molecular complexity index is 740. The number of piperidine rings is 1. The highest BCUT2D eigenvalue weighted by atomic mass is 35.5. The third kappa shape index (κ3) is 5.06. The van der Waals surface area contributed by atoms with E-state index in [1.165, 1.54) is 10.7 Å². The van der Waals surface area contributed by atoms with Crippen LogP contribution in [-0.4, -0.2) is 62.8 Å². The number of rotatable bonds is 5. The van der Waals surface area contributed by atoms with Crippen molar-refractivity contribution in [3.63, 3.8) is 0 Å². The zero-order valence-electron chi connectivity index (χ0n) is 16.8. The molecule has 1 aromatic rings. The van der Waals surface area contributed by atoms with E-state index in [9.17, 15) is 13.2 Å². The lowest BCUT2D eigenvalue weighted by atomic mass is 9.96. The van der Waals surface area contributed by atoms with Crippen LogP contribution in [0.1, 0.15) is 55.3 Å². The smallest absolute Gasteiger partial charge is 0.253 e. The second-order valence-electron chi connectivity index (χ2n) is 7.69. The number of halogens is 1. The summed E-state index contributed by atoms with van der Waals surface area (Å²) >= 11 is 0. The number of benzene rings is 1. The van der Waals surface area contributed by atoms with Crippen LogP contribution in [0.2, 0.25) is 0 Å². The van der Waals surface area contributed by atoms with Crippen molar-refractivity contribution < 1.29 is 13.2 Å². The van der Waals surface area contributed by atoms with Crippen molar-refractivity contribution in [2.45, 2.75) is 61.9 Å². The van der Waals surface area contributed by atoms with Gasteiger partial charge in [0.25, 0.3) is 5.91 Å². The van der Waals surface area contributed by atoms with Crippen molar-refractivity contribution in [2.24, 2.45) is 0 Å². The van der Waals surface area contributed by atoms with Crippen LogP contribution in [0.5, 0.6) is 0 Å². The van der Waals surface area contributed by atoms with Gasteiger partial charge < -0.3 is 10.2 Å². The highest BCUT2D eigenvalue weighted by Gasteiger charge is 2.29. The van der Waals surface area contributed by atoms with Gasteiger partial charge in [-0.1, -0.05) is 19.3 Å². The third-order valence-corrected chi connectivity index (χ3v) is 7.98. The van der Waals surface area contributed by atoms with Gasteiger partial charge in [0.15, 0.2) is 0 Å². The SMILES string of the molecule is CNC1CCN(C(=O)c2ccc(S(=O)(=O)N(C)C3CCCCC3)cc2)CC1.Cl. The molecule has 1 saturated heterocycles. The summed E-state index contributed by atoms with van der Waals surface area (Å²) in [6.45, 7) is 1.46.